The monoisotopic (exact) mass is 276 g/mol. The summed E-state index contributed by atoms with van der Waals surface area (Å²) in [7, 11) is 0. The molecule has 0 radical (unpaired) electrons. The summed E-state index contributed by atoms with van der Waals surface area (Å²) in [4.78, 5) is 4.24. The molecule has 0 aliphatic heterocycles. The number of nitrogens with one attached hydrogen (secondary N) is 1. The number of nitrogens with zero attached hydrogens (tertiary/aromatic N) is 1. The lowest BCUT2D eigenvalue weighted by Crippen LogP contribution is -2.12. The summed E-state index contributed by atoms with van der Waals surface area (Å²) in [5, 5.41) is 5.45. The zero-order valence-corrected chi connectivity index (χ0v) is 12.1. The Kier molecular flexibility index (Phi) is 5.85. The van der Waals surface area contributed by atoms with E-state index in [4.69, 9.17) is 4.74 Å². The van der Waals surface area contributed by atoms with Gasteiger partial charge in [0.1, 0.15) is 5.75 Å². The van der Waals surface area contributed by atoms with Gasteiger partial charge in [-0.2, -0.15) is 0 Å². The van der Waals surface area contributed by atoms with Crippen LogP contribution in [0.15, 0.2) is 35.2 Å². The normalized spacial score (nSPS) is 10.6. The van der Waals surface area contributed by atoms with E-state index in [-0.39, 0.29) is 0 Å². The molecule has 1 aromatic carbocycles. The molecular weight excluding hydrogens is 256 g/mol. The number of aromatic nitrogens is 1. The van der Waals surface area contributed by atoms with Gasteiger partial charge in [0.2, 0.25) is 0 Å². The zero-order chi connectivity index (χ0) is 13.3. The van der Waals surface area contributed by atoms with Crippen molar-refractivity contribution in [2.24, 2.45) is 0 Å². The summed E-state index contributed by atoms with van der Waals surface area (Å²) in [6.07, 6.45) is 2.27. The molecular formula is C15H20N2OS. The number of hydrogen-bond acceptors (Lipinski definition) is 4. The Balaban J connectivity index is 1.72. The minimum Gasteiger partial charge on any atom is -0.494 e. The van der Waals surface area contributed by atoms with Crippen molar-refractivity contribution in [3.8, 4) is 5.75 Å². The molecule has 0 aliphatic carbocycles. The summed E-state index contributed by atoms with van der Waals surface area (Å²) in [6.45, 7) is 4.64. The molecule has 1 aromatic heterocycles. The van der Waals surface area contributed by atoms with Gasteiger partial charge >= 0.3 is 0 Å². The lowest BCUT2D eigenvalue weighted by atomic mass is 10.2. The van der Waals surface area contributed by atoms with Gasteiger partial charge in [-0.1, -0.05) is 25.5 Å². The number of unbranched alkanes of at least 4 members (excludes halogenated alkanes) is 1. The van der Waals surface area contributed by atoms with Gasteiger partial charge in [0.15, 0.2) is 0 Å². The van der Waals surface area contributed by atoms with E-state index in [0.29, 0.717) is 0 Å². The Labute approximate surface area is 118 Å². The minimum atomic E-state index is 0.803. The third-order valence-electron chi connectivity index (χ3n) is 2.81. The second kappa shape index (κ2) is 7.92. The van der Waals surface area contributed by atoms with Gasteiger partial charge in [-0.3, -0.25) is 0 Å². The first kappa shape index (κ1) is 14.0. The first-order valence-electron chi connectivity index (χ1n) is 6.68. The first-order valence-corrected chi connectivity index (χ1v) is 7.62. The highest BCUT2D eigenvalue weighted by atomic mass is 32.1. The lowest BCUT2D eigenvalue weighted by Gasteiger charge is -2.07. The molecule has 4 heteroatoms. The molecule has 0 saturated heterocycles. The fourth-order valence-corrected chi connectivity index (χ4v) is 2.26. The number of rotatable bonds is 8. The van der Waals surface area contributed by atoms with E-state index in [0.717, 1.165) is 37.6 Å². The highest BCUT2D eigenvalue weighted by Gasteiger charge is 1.97. The van der Waals surface area contributed by atoms with E-state index < -0.39 is 0 Å². The molecule has 0 fully saturated rings. The quantitative estimate of drug-likeness (QED) is 0.748. The second-order valence-electron chi connectivity index (χ2n) is 4.43. The average Bonchev–Trinajstić information content (AvgIpc) is 2.94. The largest absolute Gasteiger partial charge is 0.494 e. The molecule has 19 heavy (non-hydrogen) atoms. The molecule has 0 atom stereocenters. The molecule has 102 valence electrons. The van der Waals surface area contributed by atoms with E-state index in [1.165, 1.54) is 12.0 Å². The van der Waals surface area contributed by atoms with Gasteiger partial charge in [0.05, 0.1) is 17.8 Å². The maximum absolute atomic E-state index is 5.64. The number of benzene rings is 1. The van der Waals surface area contributed by atoms with Crippen LogP contribution in [-0.2, 0) is 13.1 Å². The molecule has 0 amide bonds. The van der Waals surface area contributed by atoms with Crippen LogP contribution in [0.3, 0.4) is 0 Å². The van der Waals surface area contributed by atoms with E-state index >= 15 is 0 Å². The lowest BCUT2D eigenvalue weighted by molar-refractivity contribution is 0.309. The van der Waals surface area contributed by atoms with Crippen molar-refractivity contribution in [3.05, 3.63) is 46.4 Å². The zero-order valence-electron chi connectivity index (χ0n) is 11.3. The van der Waals surface area contributed by atoms with E-state index in [1.807, 2.05) is 17.6 Å². The highest BCUT2D eigenvalue weighted by molar-refractivity contribution is 7.07. The van der Waals surface area contributed by atoms with Gasteiger partial charge in [-0.05, 0) is 24.1 Å². The molecule has 3 nitrogen and oxygen atoms in total. The number of ether oxygens (including phenoxy) is 1. The average molecular weight is 276 g/mol. The van der Waals surface area contributed by atoms with E-state index in [1.54, 1.807) is 11.3 Å². The fraction of sp³-hybridized carbons (Fsp3) is 0.400. The Morgan fingerprint density at radius 3 is 2.74 bits per heavy atom. The van der Waals surface area contributed by atoms with E-state index in [2.05, 4.69) is 34.7 Å². The summed E-state index contributed by atoms with van der Waals surface area (Å²) in [5.74, 6) is 0.955. The third-order valence-corrected chi connectivity index (χ3v) is 3.44. The maximum atomic E-state index is 5.64. The van der Waals surface area contributed by atoms with Crippen LogP contribution in [0.2, 0.25) is 0 Å². The standard InChI is InChI=1S/C15H20N2OS/c1-2-3-8-18-15-6-4-13(5-7-15)9-16-10-14-11-19-12-17-14/h4-7,11-12,16H,2-3,8-10H2,1H3. The predicted molar refractivity (Wildman–Crippen MR) is 79.5 cm³/mol. The van der Waals surface area contributed by atoms with Crippen LogP contribution in [0.25, 0.3) is 0 Å². The van der Waals surface area contributed by atoms with Crippen LogP contribution >= 0.6 is 11.3 Å². The Hall–Kier alpha value is -1.39. The summed E-state index contributed by atoms with van der Waals surface area (Å²) in [5.41, 5.74) is 4.22. The number of hydrogen-bond donors (Lipinski definition) is 1. The Morgan fingerprint density at radius 2 is 2.05 bits per heavy atom. The molecule has 0 saturated carbocycles. The van der Waals surface area contributed by atoms with Gasteiger partial charge in [0, 0.05) is 18.5 Å². The Morgan fingerprint density at radius 1 is 1.21 bits per heavy atom. The van der Waals surface area contributed by atoms with Crippen LogP contribution in [-0.4, -0.2) is 11.6 Å². The molecule has 0 bridgehead atoms. The summed E-state index contributed by atoms with van der Waals surface area (Å²) in [6, 6.07) is 8.29. The van der Waals surface area contributed by atoms with Crippen molar-refractivity contribution < 1.29 is 4.74 Å². The molecule has 0 spiro atoms. The summed E-state index contributed by atoms with van der Waals surface area (Å²) < 4.78 is 5.64. The summed E-state index contributed by atoms with van der Waals surface area (Å²) >= 11 is 1.63. The second-order valence-corrected chi connectivity index (χ2v) is 5.15. The number of thiazole rings is 1. The Bertz CT molecular complexity index is 454. The molecule has 1 N–H and O–H groups in total. The van der Waals surface area contributed by atoms with Crippen molar-refractivity contribution in [2.45, 2.75) is 32.9 Å². The fourth-order valence-electron chi connectivity index (χ4n) is 1.70. The molecule has 2 aromatic rings. The van der Waals surface area contributed by atoms with Crippen LogP contribution in [0.4, 0.5) is 0 Å². The van der Waals surface area contributed by atoms with E-state index in [9.17, 15) is 0 Å². The first-order chi connectivity index (χ1) is 9.38. The smallest absolute Gasteiger partial charge is 0.119 e. The minimum absolute atomic E-state index is 0.803. The van der Waals surface area contributed by atoms with Crippen LogP contribution < -0.4 is 10.1 Å². The van der Waals surface area contributed by atoms with Crippen LogP contribution in [0.5, 0.6) is 5.75 Å². The molecule has 0 aliphatic rings. The van der Waals surface area contributed by atoms with Crippen molar-refractivity contribution >= 4 is 11.3 Å². The van der Waals surface area contributed by atoms with Gasteiger partial charge in [0.25, 0.3) is 0 Å². The molecule has 1 heterocycles. The third kappa shape index (κ3) is 5.01. The molecule has 0 unspecified atom stereocenters. The maximum Gasteiger partial charge on any atom is 0.119 e. The van der Waals surface area contributed by atoms with Gasteiger partial charge in [-0.25, -0.2) is 4.98 Å². The highest BCUT2D eigenvalue weighted by Crippen LogP contribution is 2.12. The van der Waals surface area contributed by atoms with Crippen LogP contribution in [0.1, 0.15) is 31.0 Å². The molecule has 2 rings (SSSR count). The van der Waals surface area contributed by atoms with Crippen LogP contribution in [0, 0.1) is 0 Å². The van der Waals surface area contributed by atoms with Crippen molar-refractivity contribution in [1.82, 2.24) is 10.3 Å². The van der Waals surface area contributed by atoms with Gasteiger partial charge in [-0.15, -0.1) is 11.3 Å². The predicted octanol–water partition coefficient (Wildman–Crippen LogP) is 3.61. The topological polar surface area (TPSA) is 34.1 Å². The van der Waals surface area contributed by atoms with Crippen molar-refractivity contribution in [2.75, 3.05) is 6.61 Å². The van der Waals surface area contributed by atoms with Gasteiger partial charge < -0.3 is 10.1 Å². The van der Waals surface area contributed by atoms with Crippen molar-refractivity contribution in [1.29, 1.82) is 0 Å². The SMILES string of the molecule is CCCCOc1ccc(CNCc2cscn2)cc1. The van der Waals surface area contributed by atoms with Crippen molar-refractivity contribution in [3.63, 3.8) is 0 Å².